The fourth-order valence-corrected chi connectivity index (χ4v) is 3.18. The number of hydrogen-bond acceptors (Lipinski definition) is 2. The second-order valence-electron chi connectivity index (χ2n) is 4.23. The monoisotopic (exact) mass is 150 g/mol. The van der Waals surface area contributed by atoms with E-state index in [9.17, 15) is 0 Å². The molecule has 2 heteroatoms. The van der Waals surface area contributed by atoms with Gasteiger partial charge in [0.15, 0.2) is 0 Å². The molecule has 1 aliphatic heterocycles. The first-order valence-corrected chi connectivity index (χ1v) is 4.52. The van der Waals surface area contributed by atoms with Gasteiger partial charge in [-0.1, -0.05) is 12.2 Å². The molecule has 0 amide bonds. The third kappa shape index (κ3) is 0.690. The Morgan fingerprint density at radius 1 is 1.09 bits per heavy atom. The van der Waals surface area contributed by atoms with Gasteiger partial charge in [0, 0.05) is 13.1 Å². The Labute approximate surface area is 67.0 Å². The number of hydrogen-bond donors (Lipinski definition) is 1. The lowest BCUT2D eigenvalue weighted by molar-refractivity contribution is 0.309. The third-order valence-corrected chi connectivity index (χ3v) is 3.69. The maximum absolute atomic E-state index is 5.78. The molecule has 0 spiro atoms. The van der Waals surface area contributed by atoms with Gasteiger partial charge in [0.1, 0.15) is 0 Å². The van der Waals surface area contributed by atoms with Gasteiger partial charge in [-0.25, -0.2) is 5.01 Å². The van der Waals surface area contributed by atoms with E-state index in [0.717, 1.165) is 36.8 Å². The summed E-state index contributed by atoms with van der Waals surface area (Å²) in [7, 11) is 0. The summed E-state index contributed by atoms with van der Waals surface area (Å²) in [4.78, 5) is 0. The standard InChI is InChI=1S/C9H14N2/c10-11-4-8-6-1-2-7(3-6)9(8)5-11/h1-2,6-9H,3-5,10H2. The van der Waals surface area contributed by atoms with Crippen LogP contribution in [0.15, 0.2) is 12.2 Å². The number of fused-ring (bicyclic) bond motifs is 5. The summed E-state index contributed by atoms with van der Waals surface area (Å²) in [5.41, 5.74) is 0. The summed E-state index contributed by atoms with van der Waals surface area (Å²) in [5, 5.41) is 2.00. The van der Waals surface area contributed by atoms with E-state index in [1.807, 2.05) is 5.01 Å². The Kier molecular flexibility index (Phi) is 1.06. The van der Waals surface area contributed by atoms with Gasteiger partial charge in [0.25, 0.3) is 0 Å². The Morgan fingerprint density at radius 3 is 2.18 bits per heavy atom. The summed E-state index contributed by atoms with van der Waals surface area (Å²) in [6.07, 6.45) is 6.24. The van der Waals surface area contributed by atoms with Crippen molar-refractivity contribution in [1.82, 2.24) is 5.01 Å². The molecule has 2 N–H and O–H groups in total. The average molecular weight is 150 g/mol. The van der Waals surface area contributed by atoms with Gasteiger partial charge in [-0.2, -0.15) is 0 Å². The lowest BCUT2D eigenvalue weighted by atomic mass is 9.86. The molecule has 2 aliphatic carbocycles. The van der Waals surface area contributed by atoms with Gasteiger partial charge in [-0.15, -0.1) is 0 Å². The van der Waals surface area contributed by atoms with Gasteiger partial charge >= 0.3 is 0 Å². The van der Waals surface area contributed by atoms with Crippen molar-refractivity contribution in [2.24, 2.45) is 29.5 Å². The van der Waals surface area contributed by atoms with Crippen LogP contribution in [0, 0.1) is 23.7 Å². The quantitative estimate of drug-likeness (QED) is 0.405. The molecule has 60 valence electrons. The maximum Gasteiger partial charge on any atom is 0.0166 e. The van der Waals surface area contributed by atoms with Crippen LogP contribution in [0.3, 0.4) is 0 Å². The van der Waals surface area contributed by atoms with Crippen LogP contribution < -0.4 is 5.84 Å². The van der Waals surface area contributed by atoms with Crippen LogP contribution in [0.5, 0.6) is 0 Å². The van der Waals surface area contributed by atoms with E-state index in [2.05, 4.69) is 12.2 Å². The van der Waals surface area contributed by atoms with E-state index in [4.69, 9.17) is 5.84 Å². The van der Waals surface area contributed by atoms with Crippen molar-refractivity contribution in [3.8, 4) is 0 Å². The van der Waals surface area contributed by atoms with Gasteiger partial charge in [0.2, 0.25) is 0 Å². The summed E-state index contributed by atoms with van der Waals surface area (Å²) in [6, 6.07) is 0. The topological polar surface area (TPSA) is 29.3 Å². The second kappa shape index (κ2) is 1.87. The zero-order valence-electron chi connectivity index (χ0n) is 6.61. The van der Waals surface area contributed by atoms with Gasteiger partial charge in [-0.3, -0.25) is 5.84 Å². The molecule has 0 aromatic carbocycles. The summed E-state index contributed by atoms with van der Waals surface area (Å²) < 4.78 is 0. The average Bonchev–Trinajstić information content (AvgIpc) is 2.53. The molecule has 3 aliphatic rings. The number of hydrazine groups is 1. The van der Waals surface area contributed by atoms with E-state index in [1.165, 1.54) is 6.42 Å². The molecule has 11 heavy (non-hydrogen) atoms. The maximum atomic E-state index is 5.78. The highest BCUT2D eigenvalue weighted by Gasteiger charge is 2.48. The molecule has 2 nitrogen and oxygen atoms in total. The Balaban J connectivity index is 1.92. The fourth-order valence-electron chi connectivity index (χ4n) is 3.18. The Morgan fingerprint density at radius 2 is 1.64 bits per heavy atom. The molecule has 0 radical (unpaired) electrons. The zero-order chi connectivity index (χ0) is 7.42. The Bertz CT molecular complexity index is 192. The highest BCUT2D eigenvalue weighted by atomic mass is 15.4. The lowest BCUT2D eigenvalue weighted by Crippen LogP contribution is -2.29. The van der Waals surface area contributed by atoms with Gasteiger partial charge in [-0.05, 0) is 30.1 Å². The Hall–Kier alpha value is -0.340. The van der Waals surface area contributed by atoms with Crippen molar-refractivity contribution in [1.29, 1.82) is 0 Å². The van der Waals surface area contributed by atoms with Crippen LogP contribution in [-0.2, 0) is 0 Å². The minimum Gasteiger partial charge on any atom is -0.269 e. The van der Waals surface area contributed by atoms with Crippen LogP contribution in [0.2, 0.25) is 0 Å². The smallest absolute Gasteiger partial charge is 0.0166 e. The minimum atomic E-state index is 0.874. The SMILES string of the molecule is NN1CC2C3C=CC(C3)C2C1. The first-order valence-electron chi connectivity index (χ1n) is 4.52. The number of nitrogens with two attached hydrogens (primary N) is 1. The molecule has 2 fully saturated rings. The van der Waals surface area contributed by atoms with Crippen molar-refractivity contribution < 1.29 is 0 Å². The van der Waals surface area contributed by atoms with Crippen molar-refractivity contribution in [2.45, 2.75) is 6.42 Å². The fraction of sp³-hybridized carbons (Fsp3) is 0.778. The molecule has 1 heterocycles. The van der Waals surface area contributed by atoms with E-state index in [0.29, 0.717) is 0 Å². The first kappa shape index (κ1) is 6.21. The molecule has 4 atom stereocenters. The van der Waals surface area contributed by atoms with Crippen LogP contribution in [0.4, 0.5) is 0 Å². The lowest BCUT2D eigenvalue weighted by Gasteiger charge is -2.17. The number of nitrogens with zero attached hydrogens (tertiary/aromatic N) is 1. The minimum absolute atomic E-state index is 0.874. The molecule has 4 unspecified atom stereocenters. The van der Waals surface area contributed by atoms with E-state index in [1.54, 1.807) is 0 Å². The van der Waals surface area contributed by atoms with Crippen molar-refractivity contribution in [3.05, 3.63) is 12.2 Å². The second-order valence-corrected chi connectivity index (χ2v) is 4.23. The molecular weight excluding hydrogens is 136 g/mol. The van der Waals surface area contributed by atoms with Crippen LogP contribution in [-0.4, -0.2) is 18.1 Å². The molecule has 3 rings (SSSR count). The normalized spacial score (nSPS) is 53.9. The highest BCUT2D eigenvalue weighted by molar-refractivity contribution is 5.15. The van der Waals surface area contributed by atoms with E-state index < -0.39 is 0 Å². The summed E-state index contributed by atoms with van der Waals surface area (Å²) in [5.74, 6) is 9.33. The largest absolute Gasteiger partial charge is 0.269 e. The zero-order valence-corrected chi connectivity index (χ0v) is 6.61. The van der Waals surface area contributed by atoms with E-state index >= 15 is 0 Å². The van der Waals surface area contributed by atoms with Crippen molar-refractivity contribution >= 4 is 0 Å². The molecule has 0 aromatic rings. The molecule has 2 bridgehead atoms. The number of allylic oxidation sites excluding steroid dienone is 2. The summed E-state index contributed by atoms with van der Waals surface area (Å²) >= 11 is 0. The van der Waals surface area contributed by atoms with Gasteiger partial charge < -0.3 is 0 Å². The predicted molar refractivity (Wildman–Crippen MR) is 43.5 cm³/mol. The molecule has 0 aromatic heterocycles. The first-order chi connectivity index (χ1) is 5.34. The van der Waals surface area contributed by atoms with Crippen LogP contribution >= 0.6 is 0 Å². The highest BCUT2D eigenvalue weighted by Crippen LogP contribution is 2.50. The van der Waals surface area contributed by atoms with Gasteiger partial charge in [0.05, 0.1) is 0 Å². The summed E-state index contributed by atoms with van der Waals surface area (Å²) in [6.45, 7) is 2.27. The molecular formula is C9H14N2. The number of rotatable bonds is 0. The third-order valence-electron chi connectivity index (χ3n) is 3.69. The molecule has 1 saturated carbocycles. The van der Waals surface area contributed by atoms with Crippen LogP contribution in [0.1, 0.15) is 6.42 Å². The van der Waals surface area contributed by atoms with Crippen LogP contribution in [0.25, 0.3) is 0 Å². The predicted octanol–water partition coefficient (Wildman–Crippen LogP) is 0.614. The van der Waals surface area contributed by atoms with Crippen molar-refractivity contribution in [2.75, 3.05) is 13.1 Å². The van der Waals surface area contributed by atoms with E-state index in [-0.39, 0.29) is 0 Å². The van der Waals surface area contributed by atoms with Crippen molar-refractivity contribution in [3.63, 3.8) is 0 Å². The molecule has 1 saturated heterocycles.